The van der Waals surface area contributed by atoms with Crippen molar-refractivity contribution in [2.24, 2.45) is 11.7 Å². The average Bonchev–Trinajstić information content (AvgIpc) is 2.94. The number of primary amides is 1. The third-order valence-electron chi connectivity index (χ3n) is 3.94. The van der Waals surface area contributed by atoms with E-state index in [0.29, 0.717) is 11.6 Å². The van der Waals surface area contributed by atoms with Crippen LogP contribution in [-0.2, 0) is 17.7 Å². The van der Waals surface area contributed by atoms with Gasteiger partial charge in [0.1, 0.15) is 5.69 Å². The normalized spacial score (nSPS) is 19.4. The lowest BCUT2D eigenvalue weighted by Gasteiger charge is -2.22. The van der Waals surface area contributed by atoms with Gasteiger partial charge in [0.2, 0.25) is 0 Å². The molecule has 1 unspecified atom stereocenters. The van der Waals surface area contributed by atoms with Crippen molar-refractivity contribution in [1.29, 1.82) is 0 Å². The quantitative estimate of drug-likeness (QED) is 0.909. The van der Waals surface area contributed by atoms with Crippen molar-refractivity contribution in [3.05, 3.63) is 52.0 Å². The lowest BCUT2D eigenvalue weighted by Crippen LogP contribution is -2.30. The van der Waals surface area contributed by atoms with Crippen molar-refractivity contribution < 1.29 is 9.53 Å². The minimum absolute atomic E-state index is 0.326. The van der Waals surface area contributed by atoms with Crippen molar-refractivity contribution in [2.75, 3.05) is 26.3 Å². The highest BCUT2D eigenvalue weighted by atomic mass is 32.1. The number of ether oxygens (including phenoxy) is 1. The van der Waals surface area contributed by atoms with Crippen molar-refractivity contribution in [1.82, 2.24) is 9.88 Å². The van der Waals surface area contributed by atoms with E-state index in [4.69, 9.17) is 10.5 Å². The van der Waals surface area contributed by atoms with Gasteiger partial charge in [-0.1, -0.05) is 12.1 Å². The number of amides is 1. The number of hydrogen-bond acceptors (Lipinski definition) is 5. The van der Waals surface area contributed by atoms with Gasteiger partial charge in [-0.2, -0.15) is 0 Å². The monoisotopic (exact) mass is 331 g/mol. The number of rotatable bonds is 5. The lowest BCUT2D eigenvalue weighted by molar-refractivity contribution is 0.0995. The van der Waals surface area contributed by atoms with Gasteiger partial charge in [-0.05, 0) is 30.0 Å². The Morgan fingerprint density at radius 3 is 3.09 bits per heavy atom. The highest BCUT2D eigenvalue weighted by Gasteiger charge is 2.20. The Labute approximate surface area is 140 Å². The van der Waals surface area contributed by atoms with Crippen LogP contribution in [0.2, 0.25) is 0 Å². The summed E-state index contributed by atoms with van der Waals surface area (Å²) >= 11 is 1.79. The fourth-order valence-corrected chi connectivity index (χ4v) is 3.62. The number of pyridine rings is 1. The molecule has 0 aromatic carbocycles. The molecule has 23 heavy (non-hydrogen) atoms. The zero-order valence-corrected chi connectivity index (χ0v) is 13.8. The molecule has 1 aliphatic heterocycles. The maximum absolute atomic E-state index is 11.3. The second-order valence-electron chi connectivity index (χ2n) is 5.84. The highest BCUT2D eigenvalue weighted by molar-refractivity contribution is 7.09. The van der Waals surface area contributed by atoms with Crippen LogP contribution in [-0.4, -0.2) is 42.1 Å². The summed E-state index contributed by atoms with van der Waals surface area (Å²) in [7, 11) is 0. The molecule has 5 nitrogen and oxygen atoms in total. The summed E-state index contributed by atoms with van der Waals surface area (Å²) in [5.74, 6) is -0.114. The second-order valence-corrected chi connectivity index (χ2v) is 6.87. The molecule has 122 valence electrons. The van der Waals surface area contributed by atoms with Gasteiger partial charge in [0.25, 0.3) is 5.91 Å². The third kappa shape index (κ3) is 4.60. The van der Waals surface area contributed by atoms with Crippen molar-refractivity contribution in [3.63, 3.8) is 0 Å². The van der Waals surface area contributed by atoms with E-state index in [-0.39, 0.29) is 0 Å². The van der Waals surface area contributed by atoms with Crippen LogP contribution in [0.3, 0.4) is 0 Å². The van der Waals surface area contributed by atoms with E-state index in [1.807, 2.05) is 12.1 Å². The molecule has 1 fully saturated rings. The SMILES string of the molecule is NC(=O)c1cccc(CC2COCCN(Cc3cccs3)C2)n1. The summed E-state index contributed by atoms with van der Waals surface area (Å²) in [5.41, 5.74) is 6.53. The molecule has 1 amide bonds. The predicted molar refractivity (Wildman–Crippen MR) is 90.4 cm³/mol. The van der Waals surface area contributed by atoms with E-state index in [9.17, 15) is 4.79 Å². The fourth-order valence-electron chi connectivity index (χ4n) is 2.87. The third-order valence-corrected chi connectivity index (χ3v) is 4.80. The minimum Gasteiger partial charge on any atom is -0.380 e. The first-order valence-electron chi connectivity index (χ1n) is 7.79. The molecule has 2 aromatic heterocycles. The Kier molecular flexibility index (Phi) is 5.38. The number of carbonyl (C=O) groups excluding carboxylic acids is 1. The van der Waals surface area contributed by atoms with E-state index in [1.165, 1.54) is 4.88 Å². The molecule has 0 saturated carbocycles. The number of nitrogens with zero attached hydrogens (tertiary/aromatic N) is 2. The molecule has 6 heteroatoms. The van der Waals surface area contributed by atoms with Crippen molar-refractivity contribution in [3.8, 4) is 0 Å². The molecule has 1 saturated heterocycles. The lowest BCUT2D eigenvalue weighted by atomic mass is 10.0. The van der Waals surface area contributed by atoms with Crippen LogP contribution >= 0.6 is 11.3 Å². The summed E-state index contributed by atoms with van der Waals surface area (Å²) in [5, 5.41) is 2.11. The first-order valence-corrected chi connectivity index (χ1v) is 8.67. The van der Waals surface area contributed by atoms with Crippen LogP contribution < -0.4 is 5.73 Å². The highest BCUT2D eigenvalue weighted by Crippen LogP contribution is 2.17. The van der Waals surface area contributed by atoms with Crippen LogP contribution in [0.25, 0.3) is 0 Å². The summed E-state index contributed by atoms with van der Waals surface area (Å²) < 4.78 is 5.75. The second kappa shape index (κ2) is 7.68. The molecule has 0 spiro atoms. The molecule has 2 aromatic rings. The zero-order valence-electron chi connectivity index (χ0n) is 13.0. The number of aromatic nitrogens is 1. The molecule has 0 aliphatic carbocycles. The molecular formula is C17H21N3O2S. The number of carbonyl (C=O) groups is 1. The smallest absolute Gasteiger partial charge is 0.267 e. The Balaban J connectivity index is 1.64. The van der Waals surface area contributed by atoms with Crippen LogP contribution in [0.5, 0.6) is 0 Å². The van der Waals surface area contributed by atoms with E-state index in [2.05, 4.69) is 27.4 Å². The summed E-state index contributed by atoms with van der Waals surface area (Å²) in [4.78, 5) is 19.4. The molecular weight excluding hydrogens is 310 g/mol. The fraction of sp³-hybridized carbons (Fsp3) is 0.412. The Bertz CT molecular complexity index is 645. The molecule has 0 bridgehead atoms. The molecule has 0 radical (unpaired) electrons. The molecule has 3 rings (SSSR count). The summed E-state index contributed by atoms with van der Waals surface area (Å²) in [6, 6.07) is 9.69. The van der Waals surface area contributed by atoms with Gasteiger partial charge in [-0.3, -0.25) is 9.69 Å². The zero-order chi connectivity index (χ0) is 16.1. The Hall–Kier alpha value is -1.76. The Morgan fingerprint density at radius 2 is 2.30 bits per heavy atom. The van der Waals surface area contributed by atoms with Gasteiger partial charge in [-0.25, -0.2) is 4.98 Å². The topological polar surface area (TPSA) is 68.5 Å². The van der Waals surface area contributed by atoms with E-state index in [0.717, 1.165) is 45.0 Å². The molecule has 1 aliphatic rings. The maximum atomic E-state index is 11.3. The molecule has 1 atom stereocenters. The largest absolute Gasteiger partial charge is 0.380 e. The van der Waals surface area contributed by atoms with E-state index in [1.54, 1.807) is 17.4 Å². The van der Waals surface area contributed by atoms with Crippen molar-refractivity contribution >= 4 is 17.2 Å². The first-order chi connectivity index (χ1) is 11.2. The first kappa shape index (κ1) is 16.1. The van der Waals surface area contributed by atoms with Crippen LogP contribution in [0.1, 0.15) is 21.1 Å². The van der Waals surface area contributed by atoms with Gasteiger partial charge in [0.05, 0.1) is 13.2 Å². The van der Waals surface area contributed by atoms with E-state index < -0.39 is 5.91 Å². The van der Waals surface area contributed by atoms with Gasteiger partial charge in [-0.15, -0.1) is 11.3 Å². The summed E-state index contributed by atoms with van der Waals surface area (Å²) in [6.07, 6.45) is 0.794. The van der Waals surface area contributed by atoms with Crippen LogP contribution in [0, 0.1) is 5.92 Å². The van der Waals surface area contributed by atoms with Crippen molar-refractivity contribution in [2.45, 2.75) is 13.0 Å². The molecule has 2 N–H and O–H groups in total. The maximum Gasteiger partial charge on any atom is 0.267 e. The number of thiophene rings is 1. The Morgan fingerprint density at radius 1 is 1.39 bits per heavy atom. The summed E-state index contributed by atoms with van der Waals surface area (Å²) in [6.45, 7) is 4.37. The van der Waals surface area contributed by atoms with E-state index >= 15 is 0 Å². The predicted octanol–water partition coefficient (Wildman–Crippen LogP) is 1.93. The average molecular weight is 331 g/mol. The minimum atomic E-state index is -0.483. The van der Waals surface area contributed by atoms with Gasteiger partial charge < -0.3 is 10.5 Å². The molecule has 3 heterocycles. The number of hydrogen-bond donors (Lipinski definition) is 1. The van der Waals surface area contributed by atoms with Crippen LogP contribution in [0.4, 0.5) is 0 Å². The van der Waals surface area contributed by atoms with Gasteiger partial charge >= 0.3 is 0 Å². The van der Waals surface area contributed by atoms with Crippen LogP contribution in [0.15, 0.2) is 35.7 Å². The van der Waals surface area contributed by atoms with Gasteiger partial charge in [0, 0.05) is 36.1 Å². The number of nitrogens with two attached hydrogens (primary N) is 1. The van der Waals surface area contributed by atoms with Gasteiger partial charge in [0.15, 0.2) is 0 Å². The standard InChI is InChI=1S/C17H21N3O2S/c18-17(21)16-5-1-3-14(19-16)9-13-10-20(6-7-22-12-13)11-15-4-2-8-23-15/h1-5,8,13H,6-7,9-12H2,(H2,18,21).